The molecule has 2 saturated heterocycles. The predicted molar refractivity (Wildman–Crippen MR) is 179 cm³/mol. The lowest BCUT2D eigenvalue weighted by molar-refractivity contribution is -0.668. The molecule has 0 atom stereocenters. The summed E-state index contributed by atoms with van der Waals surface area (Å²) in [7, 11) is 0. The first-order valence-electron chi connectivity index (χ1n) is 17.6. The quantitative estimate of drug-likeness (QED) is 0.231. The number of carboxylic acid groups (broad SMARTS) is 2. The van der Waals surface area contributed by atoms with Gasteiger partial charge in [-0.3, -0.25) is 0 Å². The number of nitrogens with zero attached hydrogens (tertiary/aromatic N) is 4. The molecule has 288 valence electrons. The summed E-state index contributed by atoms with van der Waals surface area (Å²) in [6.45, 7) is 17.6. The molecule has 0 amide bonds. The number of carbonyl (C=O) groups is 2. The van der Waals surface area contributed by atoms with Crippen molar-refractivity contribution >= 4 is 34.0 Å². The largest absolute Gasteiger partial charge is 0.542 e. The molecule has 6 rings (SSSR count). The Labute approximate surface area is 299 Å². The van der Waals surface area contributed by atoms with Crippen LogP contribution in [-0.4, -0.2) is 59.6 Å². The molecule has 2 aromatic carbocycles. The molecule has 2 aromatic heterocycles. The normalized spacial score (nSPS) is 15.6. The van der Waals surface area contributed by atoms with Crippen LogP contribution in [0.4, 0.5) is 26.3 Å². The standard InChI is InChI=1S/2C16H24N3.2C2HF3O2/c2*1-3-18-12-19(4-2)16-11-14(5-6-15(16)18)13-7-9-17-10-8-13;2*3-2(4,5)1(6)7/h2*5-6,11-13,17H,3-4,7-10H2,1-2H3;2*(H,6,7)/q2*+1;;/p-2. The number of hydrogen-bond donors (Lipinski definition) is 2. The zero-order valence-electron chi connectivity index (χ0n) is 29.9. The minimum absolute atomic E-state index is 0.737. The molecule has 10 nitrogen and oxygen atoms in total. The Bertz CT molecular complexity index is 1630. The average Bonchev–Trinajstić information content (AvgIpc) is 3.69. The molecule has 0 spiro atoms. The fourth-order valence-corrected chi connectivity index (χ4v) is 6.44. The van der Waals surface area contributed by atoms with E-state index in [1.54, 1.807) is 0 Å². The lowest BCUT2D eigenvalue weighted by atomic mass is 9.90. The molecule has 0 aliphatic carbocycles. The van der Waals surface area contributed by atoms with Gasteiger partial charge in [0.05, 0.1) is 26.2 Å². The number of alkyl halides is 6. The summed E-state index contributed by atoms with van der Waals surface area (Å²) < 4.78 is 72.5. The summed E-state index contributed by atoms with van der Waals surface area (Å²) >= 11 is 0. The van der Waals surface area contributed by atoms with E-state index in [0.29, 0.717) is 0 Å². The molecule has 16 heteroatoms. The fraction of sp³-hybridized carbons (Fsp3) is 0.556. The van der Waals surface area contributed by atoms with Crippen molar-refractivity contribution in [2.24, 2.45) is 0 Å². The topological polar surface area (TPSA) is 122 Å². The second kappa shape index (κ2) is 19.1. The monoisotopic (exact) mass is 742 g/mol. The number of halogens is 6. The van der Waals surface area contributed by atoms with Gasteiger partial charge in [-0.1, -0.05) is 12.1 Å². The van der Waals surface area contributed by atoms with Gasteiger partial charge in [-0.25, -0.2) is 18.3 Å². The maximum Gasteiger partial charge on any atom is 0.430 e. The number of carboxylic acids is 2. The van der Waals surface area contributed by atoms with E-state index in [1.807, 2.05) is 0 Å². The number of imidazole rings is 2. The third-order valence-electron chi connectivity index (χ3n) is 9.24. The van der Waals surface area contributed by atoms with Gasteiger partial charge in [0.2, 0.25) is 12.7 Å². The number of aromatic nitrogens is 4. The van der Waals surface area contributed by atoms with Gasteiger partial charge in [0, 0.05) is 0 Å². The van der Waals surface area contributed by atoms with Crippen molar-refractivity contribution in [3.8, 4) is 0 Å². The number of rotatable bonds is 6. The van der Waals surface area contributed by atoms with Gasteiger partial charge >= 0.3 is 12.4 Å². The third kappa shape index (κ3) is 11.4. The van der Waals surface area contributed by atoms with E-state index in [1.165, 1.54) is 58.9 Å². The van der Waals surface area contributed by atoms with E-state index < -0.39 is 24.3 Å². The van der Waals surface area contributed by atoms with Gasteiger partial charge in [-0.2, -0.15) is 26.3 Å². The molecule has 2 aliphatic heterocycles. The summed E-state index contributed by atoms with van der Waals surface area (Å²) in [4.78, 5) is 17.6. The van der Waals surface area contributed by atoms with Crippen LogP contribution in [-0.2, 0) is 35.8 Å². The maximum atomic E-state index is 10.5. The van der Waals surface area contributed by atoms with Crippen LogP contribution >= 0.6 is 0 Å². The maximum absolute atomic E-state index is 10.5. The number of aliphatic carboxylic acids is 2. The Balaban J connectivity index is 0.000000208. The highest BCUT2D eigenvalue weighted by Crippen LogP contribution is 2.29. The summed E-state index contributed by atoms with van der Waals surface area (Å²) in [6.07, 6.45) is -0.815. The van der Waals surface area contributed by atoms with E-state index in [4.69, 9.17) is 19.8 Å². The highest BCUT2D eigenvalue weighted by Gasteiger charge is 2.29. The van der Waals surface area contributed by atoms with Crippen molar-refractivity contribution in [2.75, 3.05) is 26.2 Å². The summed E-state index contributed by atoms with van der Waals surface area (Å²) in [6, 6.07) is 14.1. The van der Waals surface area contributed by atoms with Gasteiger partial charge in [0.25, 0.3) is 0 Å². The van der Waals surface area contributed by atoms with Gasteiger partial charge in [-0.05, 0) is 127 Å². The molecule has 52 heavy (non-hydrogen) atoms. The summed E-state index contributed by atoms with van der Waals surface area (Å²) in [5.74, 6) is -4.54. The van der Waals surface area contributed by atoms with Crippen molar-refractivity contribution in [3.05, 3.63) is 60.2 Å². The van der Waals surface area contributed by atoms with Gasteiger partial charge < -0.3 is 30.4 Å². The van der Waals surface area contributed by atoms with E-state index in [9.17, 15) is 26.3 Å². The molecule has 0 bridgehead atoms. The zero-order chi connectivity index (χ0) is 38.6. The van der Waals surface area contributed by atoms with Crippen LogP contribution < -0.4 is 30.0 Å². The summed E-state index contributed by atoms with van der Waals surface area (Å²) in [5, 5.41) is 24.5. The Kier molecular flexibility index (Phi) is 15.5. The second-order valence-corrected chi connectivity index (χ2v) is 12.5. The lowest BCUT2D eigenvalue weighted by Crippen LogP contribution is -2.37. The molecule has 0 saturated carbocycles. The lowest BCUT2D eigenvalue weighted by Gasteiger charge is -2.22. The molecule has 4 heterocycles. The first kappa shape index (κ1) is 42.2. The third-order valence-corrected chi connectivity index (χ3v) is 9.24. The highest BCUT2D eigenvalue weighted by atomic mass is 19.4. The first-order chi connectivity index (χ1) is 24.5. The van der Waals surface area contributed by atoms with Gasteiger partial charge in [-0.15, -0.1) is 0 Å². The highest BCUT2D eigenvalue weighted by molar-refractivity contribution is 5.74. The van der Waals surface area contributed by atoms with Crippen molar-refractivity contribution in [1.29, 1.82) is 0 Å². The van der Waals surface area contributed by atoms with E-state index >= 15 is 0 Å². The predicted octanol–water partition coefficient (Wildman–Crippen LogP) is 3.47. The van der Waals surface area contributed by atoms with Crippen molar-refractivity contribution in [1.82, 2.24) is 19.8 Å². The Morgan fingerprint density at radius 1 is 0.654 bits per heavy atom. The van der Waals surface area contributed by atoms with Crippen LogP contribution in [0.1, 0.15) is 76.3 Å². The molecule has 4 aromatic rings. The number of fused-ring (bicyclic) bond motifs is 2. The second-order valence-electron chi connectivity index (χ2n) is 12.5. The van der Waals surface area contributed by atoms with Crippen molar-refractivity contribution in [3.63, 3.8) is 0 Å². The number of aryl methyl sites for hydroxylation is 4. The number of benzene rings is 2. The number of nitrogens with one attached hydrogen (secondary N) is 2. The van der Waals surface area contributed by atoms with E-state index in [0.717, 1.165) is 64.2 Å². The zero-order valence-corrected chi connectivity index (χ0v) is 29.9. The van der Waals surface area contributed by atoms with Gasteiger partial charge in [0.1, 0.15) is 11.9 Å². The summed E-state index contributed by atoms with van der Waals surface area (Å²) in [5.41, 5.74) is 8.54. The van der Waals surface area contributed by atoms with E-state index in [2.05, 4.69) is 106 Å². The molecule has 2 fully saturated rings. The number of piperidine rings is 2. The van der Waals surface area contributed by atoms with Crippen LogP contribution in [0, 0.1) is 0 Å². The van der Waals surface area contributed by atoms with E-state index in [-0.39, 0.29) is 0 Å². The van der Waals surface area contributed by atoms with Crippen LogP contribution in [0.2, 0.25) is 0 Å². The SMILES string of the molecule is CCn1c[n+](CC)c2ccc(C3CCNCC3)cc21.CCn1c[n+](CC)c2ccc(C3CCNCC3)cc21.O=C([O-])C(F)(F)F.O=C([O-])C(F)(F)F. The molecule has 0 unspecified atom stereocenters. The molecule has 2 N–H and O–H groups in total. The van der Waals surface area contributed by atoms with Crippen LogP contribution in [0.25, 0.3) is 22.1 Å². The Morgan fingerprint density at radius 3 is 1.21 bits per heavy atom. The van der Waals surface area contributed by atoms with Crippen LogP contribution in [0.3, 0.4) is 0 Å². The smallest absolute Gasteiger partial charge is 0.430 e. The minimum Gasteiger partial charge on any atom is -0.542 e. The van der Waals surface area contributed by atoms with Crippen molar-refractivity contribution < 1.29 is 55.3 Å². The Hall–Kier alpha value is -4.18. The average molecular weight is 743 g/mol. The van der Waals surface area contributed by atoms with Crippen LogP contribution in [0.15, 0.2) is 49.1 Å². The first-order valence-corrected chi connectivity index (χ1v) is 17.6. The minimum atomic E-state index is -5.19. The molecular formula is C36H48F6N6O4. The number of carbonyl (C=O) groups excluding carboxylic acids is 2. The van der Waals surface area contributed by atoms with Gasteiger partial charge in [0.15, 0.2) is 22.1 Å². The van der Waals surface area contributed by atoms with Crippen molar-refractivity contribution in [2.45, 2.75) is 104 Å². The molecule has 2 aliphatic rings. The Morgan fingerprint density at radius 2 is 0.962 bits per heavy atom. The molecule has 0 radical (unpaired) electrons. The number of hydrogen-bond acceptors (Lipinski definition) is 6. The fourth-order valence-electron chi connectivity index (χ4n) is 6.44. The van der Waals surface area contributed by atoms with Crippen LogP contribution in [0.5, 0.6) is 0 Å². The molecular weight excluding hydrogens is 694 g/mol.